The van der Waals surface area contributed by atoms with Crippen LogP contribution in [0.3, 0.4) is 0 Å². The average Bonchev–Trinajstić information content (AvgIpc) is 2.44. The maximum absolute atomic E-state index is 11.9. The van der Waals surface area contributed by atoms with Gasteiger partial charge in [-0.05, 0) is 44.9 Å². The minimum atomic E-state index is -0.0413. The lowest BCUT2D eigenvalue weighted by Gasteiger charge is -2.11. The SMILES string of the molecule is CCC(C)NC(=O)c1ccc(CN=C(N)NC(C)C)cc1.I. The van der Waals surface area contributed by atoms with Crippen molar-refractivity contribution in [2.75, 3.05) is 0 Å². The van der Waals surface area contributed by atoms with Gasteiger partial charge in [-0.25, -0.2) is 4.99 Å². The highest BCUT2D eigenvalue weighted by Crippen LogP contribution is 2.06. The predicted molar refractivity (Wildman–Crippen MR) is 103 cm³/mol. The predicted octanol–water partition coefficient (Wildman–Crippen LogP) is 2.65. The Kier molecular flexibility index (Phi) is 9.80. The molecule has 4 N–H and O–H groups in total. The summed E-state index contributed by atoms with van der Waals surface area (Å²) in [6, 6.07) is 7.88. The van der Waals surface area contributed by atoms with Gasteiger partial charge in [-0.1, -0.05) is 19.1 Å². The van der Waals surface area contributed by atoms with Gasteiger partial charge in [-0.3, -0.25) is 4.79 Å². The van der Waals surface area contributed by atoms with E-state index in [1.54, 1.807) is 0 Å². The second-order valence-corrected chi connectivity index (χ2v) is 5.48. The molecular formula is C16H27IN4O. The molecule has 0 heterocycles. The van der Waals surface area contributed by atoms with E-state index in [0.717, 1.165) is 12.0 Å². The Hall–Kier alpha value is -1.31. The van der Waals surface area contributed by atoms with E-state index in [-0.39, 0.29) is 42.0 Å². The van der Waals surface area contributed by atoms with Gasteiger partial charge < -0.3 is 16.4 Å². The van der Waals surface area contributed by atoms with Gasteiger partial charge in [-0.2, -0.15) is 0 Å². The Morgan fingerprint density at radius 1 is 1.18 bits per heavy atom. The number of hydrogen-bond donors (Lipinski definition) is 3. The molecule has 1 atom stereocenters. The number of carbonyl (C=O) groups excluding carboxylic acids is 1. The van der Waals surface area contributed by atoms with Crippen LogP contribution in [0, 0.1) is 0 Å². The van der Waals surface area contributed by atoms with E-state index in [1.165, 1.54) is 0 Å². The number of benzene rings is 1. The molecule has 1 amide bonds. The molecule has 0 aliphatic carbocycles. The average molecular weight is 418 g/mol. The third-order valence-corrected chi connectivity index (χ3v) is 3.07. The monoisotopic (exact) mass is 418 g/mol. The smallest absolute Gasteiger partial charge is 0.251 e. The number of aliphatic imine (C=N–C) groups is 1. The zero-order valence-electron chi connectivity index (χ0n) is 13.7. The Morgan fingerprint density at radius 3 is 2.27 bits per heavy atom. The zero-order chi connectivity index (χ0) is 15.8. The Balaban J connectivity index is 0.00000441. The van der Waals surface area contributed by atoms with Gasteiger partial charge in [0.2, 0.25) is 0 Å². The van der Waals surface area contributed by atoms with Gasteiger partial charge in [0, 0.05) is 17.6 Å². The molecular weight excluding hydrogens is 391 g/mol. The zero-order valence-corrected chi connectivity index (χ0v) is 16.0. The normalized spacial score (nSPS) is 12.5. The summed E-state index contributed by atoms with van der Waals surface area (Å²) < 4.78 is 0. The summed E-state index contributed by atoms with van der Waals surface area (Å²) in [5.74, 6) is 0.393. The van der Waals surface area contributed by atoms with Crippen molar-refractivity contribution in [1.82, 2.24) is 10.6 Å². The van der Waals surface area contributed by atoms with Crippen LogP contribution < -0.4 is 16.4 Å². The van der Waals surface area contributed by atoms with Crippen LogP contribution in [0.4, 0.5) is 0 Å². The number of nitrogens with one attached hydrogen (secondary N) is 2. The number of amides is 1. The van der Waals surface area contributed by atoms with Crippen LogP contribution in [0.15, 0.2) is 29.3 Å². The highest BCUT2D eigenvalue weighted by Gasteiger charge is 2.07. The first-order chi connectivity index (χ1) is 9.92. The van der Waals surface area contributed by atoms with E-state index in [2.05, 4.69) is 15.6 Å². The highest BCUT2D eigenvalue weighted by atomic mass is 127. The summed E-state index contributed by atoms with van der Waals surface area (Å²) in [5.41, 5.74) is 7.43. The first-order valence-electron chi connectivity index (χ1n) is 7.38. The van der Waals surface area contributed by atoms with Crippen molar-refractivity contribution in [3.05, 3.63) is 35.4 Å². The van der Waals surface area contributed by atoms with Gasteiger partial charge >= 0.3 is 0 Å². The fraction of sp³-hybridized carbons (Fsp3) is 0.500. The number of carbonyl (C=O) groups is 1. The van der Waals surface area contributed by atoms with Crippen LogP contribution in [-0.2, 0) is 6.54 Å². The van der Waals surface area contributed by atoms with E-state index < -0.39 is 0 Å². The van der Waals surface area contributed by atoms with Gasteiger partial charge in [0.1, 0.15) is 0 Å². The molecule has 0 saturated heterocycles. The Morgan fingerprint density at radius 2 is 1.77 bits per heavy atom. The second kappa shape index (κ2) is 10.4. The van der Waals surface area contributed by atoms with Crippen molar-refractivity contribution < 1.29 is 4.79 Å². The van der Waals surface area contributed by atoms with E-state index >= 15 is 0 Å². The molecule has 0 bridgehead atoms. The maximum Gasteiger partial charge on any atom is 0.251 e. The Bertz CT molecular complexity index is 485. The lowest BCUT2D eigenvalue weighted by Crippen LogP contribution is -2.36. The van der Waals surface area contributed by atoms with Crippen molar-refractivity contribution in [2.24, 2.45) is 10.7 Å². The van der Waals surface area contributed by atoms with Gasteiger partial charge in [0.15, 0.2) is 5.96 Å². The summed E-state index contributed by atoms with van der Waals surface area (Å²) in [6.07, 6.45) is 0.917. The van der Waals surface area contributed by atoms with Crippen LogP contribution in [0.2, 0.25) is 0 Å². The summed E-state index contributed by atoms with van der Waals surface area (Å²) >= 11 is 0. The van der Waals surface area contributed by atoms with Crippen LogP contribution in [0.5, 0.6) is 0 Å². The van der Waals surface area contributed by atoms with Crippen LogP contribution in [-0.4, -0.2) is 24.0 Å². The quantitative estimate of drug-likeness (QED) is 0.378. The number of hydrogen-bond acceptors (Lipinski definition) is 2. The molecule has 1 aromatic rings. The fourth-order valence-electron chi connectivity index (χ4n) is 1.69. The highest BCUT2D eigenvalue weighted by molar-refractivity contribution is 14.0. The van der Waals surface area contributed by atoms with Crippen molar-refractivity contribution in [2.45, 2.75) is 52.7 Å². The largest absolute Gasteiger partial charge is 0.370 e. The standard InChI is InChI=1S/C16H26N4O.HI/c1-5-12(4)20-15(21)14-8-6-13(7-9-14)10-18-16(17)19-11(2)3;/h6-9,11-12H,5,10H2,1-4H3,(H,20,21)(H3,17,18,19);1H. The molecule has 1 rings (SSSR count). The van der Waals surface area contributed by atoms with E-state index in [1.807, 2.05) is 52.0 Å². The minimum Gasteiger partial charge on any atom is -0.370 e. The molecule has 0 aromatic heterocycles. The van der Waals surface area contributed by atoms with Crippen molar-refractivity contribution in [1.29, 1.82) is 0 Å². The van der Waals surface area contributed by atoms with E-state index in [9.17, 15) is 4.79 Å². The van der Waals surface area contributed by atoms with Crippen molar-refractivity contribution in [3.63, 3.8) is 0 Å². The number of guanidine groups is 1. The van der Waals surface area contributed by atoms with Gasteiger partial charge in [0.25, 0.3) is 5.91 Å². The summed E-state index contributed by atoms with van der Waals surface area (Å²) in [5, 5.41) is 5.97. The third kappa shape index (κ3) is 7.63. The van der Waals surface area contributed by atoms with E-state index in [4.69, 9.17) is 5.73 Å². The van der Waals surface area contributed by atoms with Gasteiger partial charge in [-0.15, -0.1) is 24.0 Å². The molecule has 1 aromatic carbocycles. The van der Waals surface area contributed by atoms with Gasteiger partial charge in [0.05, 0.1) is 6.54 Å². The summed E-state index contributed by atoms with van der Waals surface area (Å²) in [4.78, 5) is 16.2. The van der Waals surface area contributed by atoms with Crippen LogP contribution in [0.25, 0.3) is 0 Å². The molecule has 0 saturated carbocycles. The molecule has 0 spiro atoms. The number of nitrogens with two attached hydrogens (primary N) is 1. The summed E-state index contributed by atoms with van der Waals surface area (Å²) in [7, 11) is 0. The molecule has 124 valence electrons. The number of halogens is 1. The molecule has 0 aliphatic heterocycles. The lowest BCUT2D eigenvalue weighted by molar-refractivity contribution is 0.0939. The lowest BCUT2D eigenvalue weighted by atomic mass is 10.1. The molecule has 0 aliphatic rings. The van der Waals surface area contributed by atoms with E-state index in [0.29, 0.717) is 18.1 Å². The molecule has 0 fully saturated rings. The minimum absolute atomic E-state index is 0. The first-order valence-corrected chi connectivity index (χ1v) is 7.38. The molecule has 22 heavy (non-hydrogen) atoms. The molecule has 1 unspecified atom stereocenters. The Labute approximate surface area is 150 Å². The molecule has 6 heteroatoms. The van der Waals surface area contributed by atoms with Crippen LogP contribution in [0.1, 0.15) is 50.0 Å². The number of rotatable bonds is 6. The summed E-state index contributed by atoms with van der Waals surface area (Å²) in [6.45, 7) is 8.55. The van der Waals surface area contributed by atoms with Crippen molar-refractivity contribution in [3.8, 4) is 0 Å². The first kappa shape index (κ1) is 20.7. The maximum atomic E-state index is 11.9. The molecule has 0 radical (unpaired) electrons. The third-order valence-electron chi connectivity index (χ3n) is 3.07. The fourth-order valence-corrected chi connectivity index (χ4v) is 1.69. The molecule has 5 nitrogen and oxygen atoms in total. The second-order valence-electron chi connectivity index (χ2n) is 5.48. The van der Waals surface area contributed by atoms with Crippen LogP contribution >= 0.6 is 24.0 Å². The number of nitrogens with zero attached hydrogens (tertiary/aromatic N) is 1. The van der Waals surface area contributed by atoms with Crippen molar-refractivity contribution >= 4 is 35.8 Å². The topological polar surface area (TPSA) is 79.5 Å².